The molecule has 0 atom stereocenters. The van der Waals surface area contributed by atoms with Crippen LogP contribution < -0.4 is 21.5 Å². The number of amides is 1. The summed E-state index contributed by atoms with van der Waals surface area (Å²) in [5, 5.41) is 11.8. The molecule has 1 aliphatic rings. The van der Waals surface area contributed by atoms with Gasteiger partial charge in [-0.05, 0) is 48.9 Å². The highest BCUT2D eigenvalue weighted by molar-refractivity contribution is 5.96. The zero-order chi connectivity index (χ0) is 23.5. The van der Waals surface area contributed by atoms with E-state index in [0.717, 1.165) is 55.2 Å². The standard InChI is InChI=1S/C24H29N7O2/c1-4-30-10-12-31(13-11-30)22-9-8-21(27-28-22)26-20-14-17(15-29(3)24(20)33)18-6-5-7-19(16(18)2)23(25)32/h5-9,14-15H,4,10-13H2,1-3H3,(H2,25,32)(H,26,27). The smallest absolute Gasteiger partial charge is 0.274 e. The van der Waals surface area contributed by atoms with E-state index in [2.05, 4.69) is 32.2 Å². The molecule has 2 aromatic heterocycles. The van der Waals surface area contributed by atoms with Crippen LogP contribution in [0.3, 0.4) is 0 Å². The number of piperazine rings is 1. The van der Waals surface area contributed by atoms with Crippen molar-refractivity contribution in [3.05, 3.63) is 64.1 Å². The molecule has 1 aliphatic heterocycles. The number of aryl methyl sites for hydroxylation is 1. The molecule has 3 aromatic rings. The van der Waals surface area contributed by atoms with Crippen molar-refractivity contribution in [3.63, 3.8) is 0 Å². The van der Waals surface area contributed by atoms with E-state index in [1.807, 2.05) is 25.1 Å². The summed E-state index contributed by atoms with van der Waals surface area (Å²) in [6, 6.07) is 10.9. The summed E-state index contributed by atoms with van der Waals surface area (Å²) in [7, 11) is 1.69. The van der Waals surface area contributed by atoms with Crippen LogP contribution in [0.1, 0.15) is 22.8 Å². The highest BCUT2D eigenvalue weighted by atomic mass is 16.1. The van der Waals surface area contributed by atoms with E-state index in [0.29, 0.717) is 17.1 Å². The van der Waals surface area contributed by atoms with E-state index in [-0.39, 0.29) is 5.56 Å². The second-order valence-electron chi connectivity index (χ2n) is 8.22. The predicted octanol–water partition coefficient (Wildman–Crippen LogP) is 2.14. The molecule has 172 valence electrons. The molecule has 1 aromatic carbocycles. The Labute approximate surface area is 192 Å². The van der Waals surface area contributed by atoms with Crippen molar-refractivity contribution >= 4 is 23.2 Å². The maximum absolute atomic E-state index is 12.8. The van der Waals surface area contributed by atoms with Gasteiger partial charge in [0.25, 0.3) is 5.56 Å². The number of carbonyl (C=O) groups excluding carboxylic acids is 1. The molecule has 0 aliphatic carbocycles. The molecule has 9 nitrogen and oxygen atoms in total. The zero-order valence-corrected chi connectivity index (χ0v) is 19.2. The van der Waals surface area contributed by atoms with Crippen LogP contribution in [0.15, 0.2) is 47.4 Å². The maximum Gasteiger partial charge on any atom is 0.274 e. The Morgan fingerprint density at radius 1 is 1.12 bits per heavy atom. The highest BCUT2D eigenvalue weighted by Crippen LogP contribution is 2.27. The van der Waals surface area contributed by atoms with E-state index in [9.17, 15) is 9.59 Å². The van der Waals surface area contributed by atoms with Crippen LogP contribution in [-0.2, 0) is 7.05 Å². The normalized spacial score (nSPS) is 14.3. The van der Waals surface area contributed by atoms with Gasteiger partial charge in [0.2, 0.25) is 5.91 Å². The van der Waals surface area contributed by atoms with Gasteiger partial charge in [-0.2, -0.15) is 0 Å². The second-order valence-corrected chi connectivity index (χ2v) is 8.22. The molecule has 4 rings (SSSR count). The lowest BCUT2D eigenvalue weighted by molar-refractivity contribution is 0.0999. The average molecular weight is 448 g/mol. The van der Waals surface area contributed by atoms with Crippen LogP contribution in [0.4, 0.5) is 17.3 Å². The Hall–Kier alpha value is -3.72. The van der Waals surface area contributed by atoms with Crippen molar-refractivity contribution in [1.82, 2.24) is 19.7 Å². The molecule has 3 N–H and O–H groups in total. The molecular weight excluding hydrogens is 418 g/mol. The number of hydrogen-bond acceptors (Lipinski definition) is 7. The number of hydrogen-bond donors (Lipinski definition) is 2. The van der Waals surface area contributed by atoms with Crippen molar-refractivity contribution < 1.29 is 4.79 Å². The third kappa shape index (κ3) is 4.73. The summed E-state index contributed by atoms with van der Waals surface area (Å²) in [4.78, 5) is 29.1. The number of nitrogens with two attached hydrogens (primary N) is 1. The summed E-state index contributed by atoms with van der Waals surface area (Å²) in [5.41, 5.74) is 8.52. The van der Waals surface area contributed by atoms with Crippen LogP contribution >= 0.6 is 0 Å². The molecule has 1 fully saturated rings. The number of benzene rings is 1. The predicted molar refractivity (Wildman–Crippen MR) is 130 cm³/mol. The highest BCUT2D eigenvalue weighted by Gasteiger charge is 2.17. The molecule has 9 heteroatoms. The van der Waals surface area contributed by atoms with Gasteiger partial charge in [0.1, 0.15) is 5.69 Å². The van der Waals surface area contributed by atoms with Gasteiger partial charge in [-0.25, -0.2) is 0 Å². The minimum absolute atomic E-state index is 0.191. The largest absolute Gasteiger partial charge is 0.366 e. The van der Waals surface area contributed by atoms with Crippen molar-refractivity contribution in [2.24, 2.45) is 12.8 Å². The van der Waals surface area contributed by atoms with Crippen molar-refractivity contribution in [2.75, 3.05) is 42.9 Å². The van der Waals surface area contributed by atoms with Gasteiger partial charge >= 0.3 is 0 Å². The first kappa shape index (κ1) is 22.5. The number of rotatable bonds is 6. The number of aromatic nitrogens is 3. The van der Waals surface area contributed by atoms with E-state index >= 15 is 0 Å². The third-order valence-electron chi connectivity index (χ3n) is 6.15. The number of pyridine rings is 1. The molecule has 33 heavy (non-hydrogen) atoms. The van der Waals surface area contributed by atoms with Crippen LogP contribution in [-0.4, -0.2) is 58.3 Å². The Morgan fingerprint density at radius 3 is 2.52 bits per heavy atom. The van der Waals surface area contributed by atoms with Gasteiger partial charge in [-0.15, -0.1) is 10.2 Å². The lowest BCUT2D eigenvalue weighted by Crippen LogP contribution is -2.46. The molecule has 1 saturated heterocycles. The monoisotopic (exact) mass is 447 g/mol. The minimum Gasteiger partial charge on any atom is -0.366 e. The summed E-state index contributed by atoms with van der Waals surface area (Å²) in [6.07, 6.45) is 1.74. The molecule has 0 radical (unpaired) electrons. The fraction of sp³-hybridized carbons (Fsp3) is 0.333. The maximum atomic E-state index is 12.8. The Morgan fingerprint density at radius 2 is 1.88 bits per heavy atom. The van der Waals surface area contributed by atoms with Gasteiger partial charge in [0.15, 0.2) is 11.6 Å². The lowest BCUT2D eigenvalue weighted by Gasteiger charge is -2.34. The van der Waals surface area contributed by atoms with Gasteiger partial charge < -0.3 is 25.4 Å². The quantitative estimate of drug-likeness (QED) is 0.596. The van der Waals surface area contributed by atoms with Gasteiger partial charge in [-0.3, -0.25) is 9.59 Å². The molecule has 3 heterocycles. The van der Waals surface area contributed by atoms with Crippen LogP contribution in [0.2, 0.25) is 0 Å². The molecule has 1 amide bonds. The third-order valence-corrected chi connectivity index (χ3v) is 6.15. The Kier molecular flexibility index (Phi) is 6.41. The average Bonchev–Trinajstić information content (AvgIpc) is 2.82. The zero-order valence-electron chi connectivity index (χ0n) is 19.2. The summed E-state index contributed by atoms with van der Waals surface area (Å²) in [5.74, 6) is 0.837. The first-order chi connectivity index (χ1) is 15.9. The first-order valence-electron chi connectivity index (χ1n) is 11.1. The van der Waals surface area contributed by atoms with Gasteiger partial charge in [-0.1, -0.05) is 19.1 Å². The van der Waals surface area contributed by atoms with Crippen molar-refractivity contribution in [2.45, 2.75) is 13.8 Å². The topological polar surface area (TPSA) is 109 Å². The van der Waals surface area contributed by atoms with Crippen LogP contribution in [0, 0.1) is 6.92 Å². The molecule has 0 unspecified atom stereocenters. The first-order valence-corrected chi connectivity index (χ1v) is 11.1. The molecule has 0 saturated carbocycles. The van der Waals surface area contributed by atoms with E-state index in [1.165, 1.54) is 4.57 Å². The second kappa shape index (κ2) is 9.41. The SMILES string of the molecule is CCN1CCN(c2ccc(Nc3cc(-c4cccc(C(N)=O)c4C)cn(C)c3=O)nn2)CC1. The molecular formula is C24H29N7O2. The van der Waals surface area contributed by atoms with E-state index in [4.69, 9.17) is 5.73 Å². The van der Waals surface area contributed by atoms with Gasteiger partial charge in [0, 0.05) is 50.6 Å². The fourth-order valence-corrected chi connectivity index (χ4v) is 4.16. The van der Waals surface area contributed by atoms with Crippen LogP contribution in [0.25, 0.3) is 11.1 Å². The lowest BCUT2D eigenvalue weighted by atomic mass is 9.97. The Balaban J connectivity index is 1.58. The minimum atomic E-state index is -0.482. The number of nitrogens with one attached hydrogen (secondary N) is 1. The van der Waals surface area contributed by atoms with Crippen molar-refractivity contribution in [1.29, 1.82) is 0 Å². The molecule has 0 spiro atoms. The summed E-state index contributed by atoms with van der Waals surface area (Å²) >= 11 is 0. The van der Waals surface area contributed by atoms with Crippen molar-refractivity contribution in [3.8, 4) is 11.1 Å². The van der Waals surface area contributed by atoms with E-state index < -0.39 is 5.91 Å². The number of likely N-dealkylation sites (N-methyl/N-ethyl adjacent to an activating group) is 1. The number of nitrogens with zero attached hydrogens (tertiary/aromatic N) is 5. The van der Waals surface area contributed by atoms with Crippen LogP contribution in [0.5, 0.6) is 0 Å². The van der Waals surface area contributed by atoms with Gasteiger partial charge in [0.05, 0.1) is 0 Å². The summed E-state index contributed by atoms with van der Waals surface area (Å²) < 4.78 is 1.50. The number of anilines is 3. The summed E-state index contributed by atoms with van der Waals surface area (Å²) in [6.45, 7) is 8.93. The Bertz CT molecular complexity index is 1210. The van der Waals surface area contributed by atoms with E-state index in [1.54, 1.807) is 31.4 Å². The number of carbonyl (C=O) groups is 1. The number of primary amides is 1. The molecule has 0 bridgehead atoms. The fourth-order valence-electron chi connectivity index (χ4n) is 4.16.